The van der Waals surface area contributed by atoms with E-state index < -0.39 is 22.9 Å². The van der Waals surface area contributed by atoms with Crippen molar-refractivity contribution in [2.45, 2.75) is 12.2 Å². The molecule has 0 spiro atoms. The van der Waals surface area contributed by atoms with Gasteiger partial charge in [0.15, 0.2) is 0 Å². The number of aliphatic carboxylic acids is 1. The number of ketones is 1. The minimum atomic E-state index is -1.16. The summed E-state index contributed by atoms with van der Waals surface area (Å²) in [7, 11) is 0. The van der Waals surface area contributed by atoms with Crippen LogP contribution in [0.4, 0.5) is 0 Å². The minimum Gasteiger partial charge on any atom is -0.481 e. The number of carboxylic acids is 1. The normalized spacial score (nSPS) is 15.1. The lowest BCUT2D eigenvalue weighted by molar-refractivity contribution is -0.145. The third-order valence-electron chi connectivity index (χ3n) is 1.29. The summed E-state index contributed by atoms with van der Waals surface area (Å²) in [5.74, 6) is -2.63. The molecule has 0 aromatic carbocycles. The first kappa shape index (κ1) is 10.2. The quantitative estimate of drug-likeness (QED) is 0.376. The smallest absolute Gasteiger partial charge is 0.315 e. The molecule has 2 atom stereocenters. The number of carbonyl (C=O) groups excluding carboxylic acids is 1. The Morgan fingerprint density at radius 2 is 2.09 bits per heavy atom. The monoisotopic (exact) mass is 174 g/mol. The van der Waals surface area contributed by atoms with E-state index in [-0.39, 0.29) is 0 Å². The van der Waals surface area contributed by atoms with Crippen LogP contribution in [0.15, 0.2) is 12.7 Å². The molecule has 0 aliphatic carbocycles. The largest absolute Gasteiger partial charge is 0.481 e. The Hall–Kier alpha value is -0.770. The first-order valence-corrected chi connectivity index (χ1v) is 3.56. The van der Waals surface area contributed by atoms with Crippen LogP contribution in [0.2, 0.25) is 0 Å². The van der Waals surface area contributed by atoms with Gasteiger partial charge in [0.1, 0.15) is 11.7 Å². The third kappa shape index (κ3) is 2.76. The van der Waals surface area contributed by atoms with Crippen molar-refractivity contribution in [3.8, 4) is 0 Å². The highest BCUT2D eigenvalue weighted by Crippen LogP contribution is 2.12. The van der Waals surface area contributed by atoms with Gasteiger partial charge in [0.2, 0.25) is 0 Å². The third-order valence-corrected chi connectivity index (χ3v) is 1.80. The Morgan fingerprint density at radius 3 is 2.18 bits per heavy atom. The summed E-state index contributed by atoms with van der Waals surface area (Å²) in [5, 5.41) is 7.92. The lowest BCUT2D eigenvalue weighted by atomic mass is 10.0. The second kappa shape index (κ2) is 4.18. The highest BCUT2D eigenvalue weighted by Gasteiger charge is 2.27. The van der Waals surface area contributed by atoms with E-state index in [9.17, 15) is 9.59 Å². The molecule has 3 nitrogen and oxygen atoms in total. The van der Waals surface area contributed by atoms with Crippen molar-refractivity contribution < 1.29 is 14.7 Å². The Morgan fingerprint density at radius 1 is 1.64 bits per heavy atom. The zero-order valence-electron chi connectivity index (χ0n) is 6.15. The number of Topliss-reactive ketones (excluding diaryl/α,β-unsaturated/α-hetero) is 1. The molecule has 2 unspecified atom stereocenters. The number of hydrogen-bond donors (Lipinski definition) is 2. The van der Waals surface area contributed by atoms with Crippen molar-refractivity contribution in [2.24, 2.45) is 5.92 Å². The molecule has 0 aromatic heterocycles. The molecule has 0 bridgehead atoms. The fourth-order valence-electron chi connectivity index (χ4n) is 0.697. The van der Waals surface area contributed by atoms with Crippen molar-refractivity contribution in [3.63, 3.8) is 0 Å². The van der Waals surface area contributed by atoms with Gasteiger partial charge >= 0.3 is 5.97 Å². The predicted octanol–water partition coefficient (Wildman–Crippen LogP) is 0.761. The summed E-state index contributed by atoms with van der Waals surface area (Å²) in [6, 6.07) is 0. The van der Waals surface area contributed by atoms with Crippen molar-refractivity contribution in [1.82, 2.24) is 0 Å². The highest BCUT2D eigenvalue weighted by molar-refractivity contribution is 7.81. The van der Waals surface area contributed by atoms with Gasteiger partial charge in [0, 0.05) is 5.25 Å². The summed E-state index contributed by atoms with van der Waals surface area (Å²) in [6.45, 7) is 4.58. The topological polar surface area (TPSA) is 54.4 Å². The molecule has 0 aliphatic heterocycles. The second-order valence-corrected chi connectivity index (χ2v) is 2.75. The number of thiol groups is 1. The molecule has 0 aliphatic rings. The average Bonchev–Trinajstić information content (AvgIpc) is 1.85. The van der Waals surface area contributed by atoms with Crippen LogP contribution in [0.25, 0.3) is 0 Å². The molecule has 62 valence electrons. The second-order valence-electron chi connectivity index (χ2n) is 2.15. The fourth-order valence-corrected chi connectivity index (χ4v) is 1.03. The maximum absolute atomic E-state index is 10.7. The van der Waals surface area contributed by atoms with Crippen LogP contribution in [0, 0.1) is 5.92 Å². The lowest BCUT2D eigenvalue weighted by Crippen LogP contribution is -2.29. The molecule has 0 heterocycles. The van der Waals surface area contributed by atoms with E-state index in [0.717, 1.165) is 0 Å². The van der Waals surface area contributed by atoms with Gasteiger partial charge in [0.25, 0.3) is 0 Å². The molecular formula is C7H10O3S. The van der Waals surface area contributed by atoms with Gasteiger partial charge < -0.3 is 5.11 Å². The molecule has 0 amide bonds. The van der Waals surface area contributed by atoms with Gasteiger partial charge in [-0.1, -0.05) is 6.08 Å². The SMILES string of the molecule is C=CC(S)C(C(C)=O)C(=O)O. The number of carbonyl (C=O) groups is 2. The van der Waals surface area contributed by atoms with Crippen molar-refractivity contribution in [1.29, 1.82) is 0 Å². The molecule has 1 N–H and O–H groups in total. The Bertz CT molecular complexity index is 174. The van der Waals surface area contributed by atoms with Crippen molar-refractivity contribution in [2.75, 3.05) is 0 Å². The Labute approximate surface area is 70.5 Å². The zero-order valence-corrected chi connectivity index (χ0v) is 7.04. The van der Waals surface area contributed by atoms with E-state index in [1.807, 2.05) is 0 Å². The molecule has 0 saturated carbocycles. The molecule has 4 heteroatoms. The fraction of sp³-hybridized carbons (Fsp3) is 0.429. The molecule has 0 rings (SSSR count). The van der Waals surface area contributed by atoms with Crippen molar-refractivity contribution >= 4 is 24.4 Å². The van der Waals surface area contributed by atoms with Crippen LogP contribution >= 0.6 is 12.6 Å². The Kier molecular flexibility index (Phi) is 3.89. The number of hydrogen-bond acceptors (Lipinski definition) is 3. The summed E-state index contributed by atoms with van der Waals surface area (Å²) in [6.07, 6.45) is 1.34. The summed E-state index contributed by atoms with van der Waals surface area (Å²) >= 11 is 3.88. The van der Waals surface area contributed by atoms with Gasteiger partial charge in [-0.3, -0.25) is 9.59 Å². The van der Waals surface area contributed by atoms with Crippen LogP contribution in [0.3, 0.4) is 0 Å². The lowest BCUT2D eigenvalue weighted by Gasteiger charge is -2.11. The molecule has 0 radical (unpaired) electrons. The van der Waals surface area contributed by atoms with Gasteiger partial charge in [-0.05, 0) is 6.92 Å². The summed E-state index contributed by atoms with van der Waals surface area (Å²) in [5.41, 5.74) is 0. The van der Waals surface area contributed by atoms with E-state index in [2.05, 4.69) is 19.2 Å². The zero-order chi connectivity index (χ0) is 9.02. The highest BCUT2D eigenvalue weighted by atomic mass is 32.1. The van der Waals surface area contributed by atoms with E-state index in [1.165, 1.54) is 13.0 Å². The first-order chi connectivity index (χ1) is 5.00. The number of carboxylic acid groups (broad SMARTS) is 1. The van der Waals surface area contributed by atoms with Crippen molar-refractivity contribution in [3.05, 3.63) is 12.7 Å². The van der Waals surface area contributed by atoms with Crippen LogP contribution in [-0.4, -0.2) is 22.1 Å². The summed E-state index contributed by atoms with van der Waals surface area (Å²) in [4.78, 5) is 21.1. The molecule has 0 saturated heterocycles. The van der Waals surface area contributed by atoms with Crippen LogP contribution in [0.5, 0.6) is 0 Å². The van der Waals surface area contributed by atoms with Gasteiger partial charge in [-0.2, -0.15) is 12.6 Å². The molecule has 11 heavy (non-hydrogen) atoms. The predicted molar refractivity (Wildman–Crippen MR) is 44.8 cm³/mol. The molecular weight excluding hydrogens is 164 g/mol. The van der Waals surface area contributed by atoms with Gasteiger partial charge in [-0.25, -0.2) is 0 Å². The maximum atomic E-state index is 10.7. The molecule has 0 fully saturated rings. The van der Waals surface area contributed by atoms with E-state index in [4.69, 9.17) is 5.11 Å². The maximum Gasteiger partial charge on any atom is 0.315 e. The first-order valence-electron chi connectivity index (χ1n) is 3.04. The van der Waals surface area contributed by atoms with Crippen LogP contribution in [-0.2, 0) is 9.59 Å². The molecule has 0 aromatic rings. The summed E-state index contributed by atoms with van der Waals surface area (Å²) < 4.78 is 0. The van der Waals surface area contributed by atoms with Crippen LogP contribution in [0.1, 0.15) is 6.92 Å². The van der Waals surface area contributed by atoms with Crippen LogP contribution < -0.4 is 0 Å². The standard InChI is InChI=1S/C7H10O3S/c1-3-5(11)6(4(2)8)7(9)10/h3,5-6,11H,1H2,2H3,(H,9,10). The van der Waals surface area contributed by atoms with E-state index in [1.54, 1.807) is 0 Å². The van der Waals surface area contributed by atoms with E-state index in [0.29, 0.717) is 0 Å². The number of rotatable bonds is 4. The minimum absolute atomic E-state index is 0.405. The average molecular weight is 174 g/mol. The van der Waals surface area contributed by atoms with E-state index >= 15 is 0 Å². The Balaban J connectivity index is 4.46. The van der Waals surface area contributed by atoms with Gasteiger partial charge in [0.05, 0.1) is 0 Å². The van der Waals surface area contributed by atoms with Gasteiger partial charge in [-0.15, -0.1) is 6.58 Å².